The van der Waals surface area contributed by atoms with E-state index >= 15 is 0 Å². The van der Waals surface area contributed by atoms with E-state index in [-0.39, 0.29) is 0 Å². The number of nitrogens with zero attached hydrogens (tertiary/aromatic N) is 5. The van der Waals surface area contributed by atoms with Gasteiger partial charge in [-0.3, -0.25) is 4.57 Å². The van der Waals surface area contributed by atoms with Gasteiger partial charge in [0.25, 0.3) is 0 Å². The van der Waals surface area contributed by atoms with Gasteiger partial charge in [-0.2, -0.15) is 10.4 Å². The summed E-state index contributed by atoms with van der Waals surface area (Å²) in [5.41, 5.74) is 6.25. The summed E-state index contributed by atoms with van der Waals surface area (Å²) in [5.74, 6) is 5.76. The van der Waals surface area contributed by atoms with E-state index in [1.54, 1.807) is 12.1 Å². The second-order valence-electron chi connectivity index (χ2n) is 6.61. The molecular formula is C22H17ClN6. The molecule has 142 valence electrons. The molecule has 2 aromatic heterocycles. The van der Waals surface area contributed by atoms with Gasteiger partial charge in [0.1, 0.15) is 23.4 Å². The highest BCUT2D eigenvalue weighted by Crippen LogP contribution is 2.30. The second-order valence-corrected chi connectivity index (χ2v) is 7.05. The van der Waals surface area contributed by atoms with Crippen LogP contribution in [0.2, 0.25) is 5.02 Å². The number of aromatic nitrogens is 3. The maximum atomic E-state index is 9.04. The van der Waals surface area contributed by atoms with Crippen molar-refractivity contribution in [1.82, 2.24) is 14.5 Å². The molecule has 7 heteroatoms. The minimum Gasteiger partial charge on any atom is -0.323 e. The third kappa shape index (κ3) is 3.12. The largest absolute Gasteiger partial charge is 0.323 e. The normalized spacial score (nSPS) is 11.6. The average Bonchev–Trinajstić information content (AvgIpc) is 3.00. The van der Waals surface area contributed by atoms with E-state index < -0.39 is 0 Å². The highest BCUT2D eigenvalue weighted by molar-refractivity contribution is 6.30. The number of hydrogen-bond acceptors (Lipinski definition) is 5. The van der Waals surface area contributed by atoms with E-state index in [0.717, 1.165) is 33.5 Å². The minimum absolute atomic E-state index is 0.535. The molecule has 0 bridgehead atoms. The van der Waals surface area contributed by atoms with Gasteiger partial charge in [0.2, 0.25) is 0 Å². The number of rotatable bonds is 3. The lowest BCUT2D eigenvalue weighted by Crippen LogP contribution is -2.10. The number of hydrogen-bond donors (Lipinski definition) is 1. The fourth-order valence-electron chi connectivity index (χ4n) is 3.48. The van der Waals surface area contributed by atoms with Crippen molar-refractivity contribution in [1.29, 1.82) is 5.26 Å². The molecule has 6 nitrogen and oxygen atoms in total. The van der Waals surface area contributed by atoms with E-state index in [4.69, 9.17) is 22.7 Å². The van der Waals surface area contributed by atoms with Crippen LogP contribution in [-0.2, 0) is 0 Å². The lowest BCUT2D eigenvalue weighted by atomic mass is 10.0. The minimum atomic E-state index is 0.535. The zero-order valence-electron chi connectivity index (χ0n) is 15.9. The number of nitriles is 1. The third-order valence-electron chi connectivity index (χ3n) is 5.00. The van der Waals surface area contributed by atoms with Crippen molar-refractivity contribution in [2.75, 3.05) is 0 Å². The van der Waals surface area contributed by atoms with E-state index in [0.29, 0.717) is 22.0 Å². The summed E-state index contributed by atoms with van der Waals surface area (Å²) in [6, 6.07) is 16.8. The monoisotopic (exact) mass is 400 g/mol. The Morgan fingerprint density at radius 2 is 1.90 bits per heavy atom. The molecule has 4 rings (SSSR count). The smallest absolute Gasteiger partial charge is 0.149 e. The van der Waals surface area contributed by atoms with E-state index in [2.05, 4.69) is 25.7 Å². The van der Waals surface area contributed by atoms with Crippen molar-refractivity contribution in [3.8, 4) is 11.8 Å². The summed E-state index contributed by atoms with van der Waals surface area (Å²) in [5, 5.41) is 14.6. The summed E-state index contributed by atoms with van der Waals surface area (Å²) in [7, 11) is 0. The Morgan fingerprint density at radius 3 is 2.55 bits per heavy atom. The first kappa shape index (κ1) is 18.7. The predicted octanol–water partition coefficient (Wildman–Crippen LogP) is 4.27. The van der Waals surface area contributed by atoms with Gasteiger partial charge in [-0.15, -0.1) is 0 Å². The Bertz CT molecular complexity index is 1300. The zero-order chi connectivity index (χ0) is 20.5. The predicted molar refractivity (Wildman–Crippen MR) is 114 cm³/mol. The van der Waals surface area contributed by atoms with E-state index in [9.17, 15) is 0 Å². The van der Waals surface area contributed by atoms with Gasteiger partial charge >= 0.3 is 0 Å². The molecule has 0 unspecified atom stereocenters. The van der Waals surface area contributed by atoms with Crippen molar-refractivity contribution in [2.45, 2.75) is 13.8 Å². The molecule has 0 aliphatic heterocycles. The zero-order valence-corrected chi connectivity index (χ0v) is 16.6. The van der Waals surface area contributed by atoms with Crippen LogP contribution in [0.3, 0.4) is 0 Å². The molecule has 2 aromatic carbocycles. The summed E-state index contributed by atoms with van der Waals surface area (Å²) in [4.78, 5) is 9.03. The summed E-state index contributed by atoms with van der Waals surface area (Å²) < 4.78 is 2.05. The van der Waals surface area contributed by atoms with Gasteiger partial charge in [-0.05, 0) is 49.7 Å². The van der Waals surface area contributed by atoms with Gasteiger partial charge in [0.15, 0.2) is 0 Å². The first-order chi connectivity index (χ1) is 14.0. The molecule has 0 fully saturated rings. The first-order valence-corrected chi connectivity index (χ1v) is 9.30. The van der Waals surface area contributed by atoms with Crippen molar-refractivity contribution < 1.29 is 0 Å². The van der Waals surface area contributed by atoms with Gasteiger partial charge < -0.3 is 5.84 Å². The number of hydrazone groups is 1. The number of benzene rings is 2. The third-order valence-corrected chi connectivity index (χ3v) is 5.23. The highest BCUT2D eigenvalue weighted by atomic mass is 35.5. The average molecular weight is 401 g/mol. The quantitative estimate of drug-likeness (QED) is 0.315. The highest BCUT2D eigenvalue weighted by Gasteiger charge is 2.21. The first-order valence-electron chi connectivity index (χ1n) is 8.92. The van der Waals surface area contributed by atoms with E-state index in [1.807, 2.05) is 50.2 Å². The molecule has 2 N–H and O–H groups in total. The molecule has 0 spiro atoms. The Labute approximate surface area is 172 Å². The summed E-state index contributed by atoms with van der Waals surface area (Å²) in [6.07, 6.45) is 1.51. The Balaban J connectivity index is 1.97. The molecule has 0 saturated heterocycles. The number of fused-ring (bicyclic) bond motifs is 1. The van der Waals surface area contributed by atoms with Gasteiger partial charge in [-0.1, -0.05) is 29.8 Å². The van der Waals surface area contributed by atoms with Crippen LogP contribution in [0, 0.1) is 25.2 Å². The molecular weight excluding hydrogens is 384 g/mol. The fraction of sp³-hybridized carbons (Fsp3) is 0.0909. The van der Waals surface area contributed by atoms with E-state index in [1.165, 1.54) is 6.33 Å². The van der Waals surface area contributed by atoms with Crippen molar-refractivity contribution in [3.63, 3.8) is 0 Å². The van der Waals surface area contributed by atoms with Crippen LogP contribution in [0.15, 0.2) is 60.0 Å². The lowest BCUT2D eigenvalue weighted by molar-refractivity contribution is 1.01. The Morgan fingerprint density at radius 1 is 1.14 bits per heavy atom. The van der Waals surface area contributed by atoms with Gasteiger partial charge in [0, 0.05) is 22.0 Å². The van der Waals surface area contributed by atoms with Crippen LogP contribution in [0.4, 0.5) is 0 Å². The molecule has 0 saturated carbocycles. The maximum absolute atomic E-state index is 9.04. The van der Waals surface area contributed by atoms with Crippen molar-refractivity contribution in [3.05, 3.63) is 88.0 Å². The van der Waals surface area contributed by atoms with Crippen LogP contribution >= 0.6 is 11.6 Å². The molecule has 0 amide bonds. The summed E-state index contributed by atoms with van der Waals surface area (Å²) >= 11 is 6.21. The standard InChI is InChI=1S/C22H17ClN6/c1-13-14(2)29(18-5-3-4-17(23)10-18)22-19(13)21(26-12-27-22)20(28-25)16-8-6-15(11-24)7-9-16/h3-10,12H,25H2,1-2H3. The molecule has 0 aliphatic rings. The molecule has 4 aromatic rings. The molecule has 2 heterocycles. The van der Waals surface area contributed by atoms with Gasteiger partial charge in [-0.25, -0.2) is 9.97 Å². The fourth-order valence-corrected chi connectivity index (χ4v) is 3.67. The second kappa shape index (κ2) is 7.38. The molecule has 0 atom stereocenters. The SMILES string of the molecule is Cc1c(C)n(-c2cccc(Cl)c2)c2ncnc(C(=NN)c3ccc(C#N)cc3)c12. The van der Waals surface area contributed by atoms with Crippen LogP contribution in [0.5, 0.6) is 0 Å². The van der Waals surface area contributed by atoms with Crippen LogP contribution in [0.1, 0.15) is 28.1 Å². The summed E-state index contributed by atoms with van der Waals surface area (Å²) in [6.45, 7) is 4.06. The van der Waals surface area contributed by atoms with Crippen LogP contribution < -0.4 is 5.84 Å². The number of aryl methyl sites for hydroxylation is 1. The number of halogens is 1. The molecule has 29 heavy (non-hydrogen) atoms. The Kier molecular flexibility index (Phi) is 4.75. The van der Waals surface area contributed by atoms with Crippen LogP contribution in [-0.4, -0.2) is 20.2 Å². The molecule has 0 radical (unpaired) electrons. The van der Waals surface area contributed by atoms with Crippen molar-refractivity contribution >= 4 is 28.3 Å². The van der Waals surface area contributed by atoms with Crippen molar-refractivity contribution in [2.24, 2.45) is 10.9 Å². The maximum Gasteiger partial charge on any atom is 0.149 e. The number of nitrogens with two attached hydrogens (primary N) is 1. The molecule has 0 aliphatic carbocycles. The Hall–Kier alpha value is -3.69. The lowest BCUT2D eigenvalue weighted by Gasteiger charge is -2.09. The topological polar surface area (TPSA) is 92.9 Å². The van der Waals surface area contributed by atoms with Gasteiger partial charge in [0.05, 0.1) is 17.0 Å². The van der Waals surface area contributed by atoms with Crippen LogP contribution in [0.25, 0.3) is 16.7 Å².